The van der Waals surface area contributed by atoms with E-state index in [1.54, 1.807) is 11.3 Å². The van der Waals surface area contributed by atoms with E-state index < -0.39 is 0 Å². The van der Waals surface area contributed by atoms with Gasteiger partial charge in [0.05, 0.1) is 5.69 Å². The fraction of sp³-hybridized carbons (Fsp3) is 0.357. The largest absolute Gasteiger partial charge is 0.241 e. The number of hydrogen-bond donors (Lipinski definition) is 0. The fourth-order valence-electron chi connectivity index (χ4n) is 1.64. The lowest BCUT2D eigenvalue weighted by atomic mass is 10.1. The average molecular weight is 310 g/mol. The lowest BCUT2D eigenvalue weighted by Crippen LogP contribution is -1.91. The lowest BCUT2D eigenvalue weighted by molar-refractivity contribution is 0.714. The fourth-order valence-corrected chi connectivity index (χ4v) is 3.43. The minimum atomic E-state index is 0.546. The summed E-state index contributed by atoms with van der Waals surface area (Å²) in [6.45, 7) is 6.52. The third kappa shape index (κ3) is 2.78. The second-order valence-electron chi connectivity index (χ2n) is 4.37. The summed E-state index contributed by atoms with van der Waals surface area (Å²) in [4.78, 5) is 4.73. The molecule has 0 amide bonds. The molecule has 0 bridgehead atoms. The minimum absolute atomic E-state index is 0.546. The highest BCUT2D eigenvalue weighted by molar-refractivity contribution is 9.10. The Hall–Kier alpha value is -0.670. The summed E-state index contributed by atoms with van der Waals surface area (Å²) in [7, 11) is 0. The molecule has 0 N–H and O–H groups in total. The van der Waals surface area contributed by atoms with E-state index in [4.69, 9.17) is 4.98 Å². The average Bonchev–Trinajstić information content (AvgIpc) is 2.77. The van der Waals surface area contributed by atoms with E-state index in [0.29, 0.717) is 5.92 Å². The first kappa shape index (κ1) is 12.8. The summed E-state index contributed by atoms with van der Waals surface area (Å²) in [6, 6.07) is 6.41. The van der Waals surface area contributed by atoms with Gasteiger partial charge in [0.2, 0.25) is 0 Å². The van der Waals surface area contributed by atoms with E-state index >= 15 is 0 Å². The summed E-state index contributed by atoms with van der Waals surface area (Å²) in [5.74, 6) is 0.546. The van der Waals surface area contributed by atoms with Crippen molar-refractivity contribution >= 4 is 27.3 Å². The van der Waals surface area contributed by atoms with Gasteiger partial charge in [-0.1, -0.05) is 41.9 Å². The van der Waals surface area contributed by atoms with Gasteiger partial charge >= 0.3 is 0 Å². The number of thiazole rings is 1. The van der Waals surface area contributed by atoms with Gasteiger partial charge in [0.25, 0.3) is 0 Å². The first-order valence-corrected chi connectivity index (χ1v) is 7.51. The van der Waals surface area contributed by atoms with Crippen molar-refractivity contribution in [2.75, 3.05) is 0 Å². The third-order valence-corrected chi connectivity index (χ3v) is 4.54. The number of rotatable bonds is 3. The molecule has 0 aliphatic carbocycles. The molecule has 2 aromatic rings. The molecule has 1 aromatic heterocycles. The predicted molar refractivity (Wildman–Crippen MR) is 78.7 cm³/mol. The van der Waals surface area contributed by atoms with Gasteiger partial charge in [0, 0.05) is 15.4 Å². The van der Waals surface area contributed by atoms with Crippen molar-refractivity contribution in [3.05, 3.63) is 39.3 Å². The van der Waals surface area contributed by atoms with Crippen LogP contribution in [0.3, 0.4) is 0 Å². The van der Waals surface area contributed by atoms with Crippen LogP contribution in [-0.4, -0.2) is 4.98 Å². The Morgan fingerprint density at radius 1 is 1.41 bits per heavy atom. The van der Waals surface area contributed by atoms with E-state index in [0.717, 1.165) is 15.9 Å². The Morgan fingerprint density at radius 2 is 2.18 bits per heavy atom. The molecular formula is C14H16BrNS. The van der Waals surface area contributed by atoms with Gasteiger partial charge in [-0.2, -0.15) is 0 Å². The second kappa shape index (κ2) is 5.32. The monoisotopic (exact) mass is 309 g/mol. The number of aryl methyl sites for hydroxylation is 1. The van der Waals surface area contributed by atoms with E-state index in [1.165, 1.54) is 16.8 Å². The third-order valence-electron chi connectivity index (χ3n) is 2.99. The normalized spacial score (nSPS) is 12.7. The maximum atomic E-state index is 4.73. The van der Waals surface area contributed by atoms with Crippen LogP contribution in [-0.2, 0) is 0 Å². The van der Waals surface area contributed by atoms with Gasteiger partial charge in [-0.3, -0.25) is 0 Å². The Morgan fingerprint density at radius 3 is 2.82 bits per heavy atom. The zero-order chi connectivity index (χ0) is 12.4. The highest BCUT2D eigenvalue weighted by Gasteiger charge is 2.11. The molecule has 2 rings (SSSR count). The lowest BCUT2D eigenvalue weighted by Gasteiger charge is -2.04. The second-order valence-corrected chi connectivity index (χ2v) is 6.08. The first-order chi connectivity index (χ1) is 8.11. The molecule has 0 spiro atoms. The Labute approximate surface area is 115 Å². The van der Waals surface area contributed by atoms with Crippen LogP contribution < -0.4 is 0 Å². The Kier molecular flexibility index (Phi) is 4.00. The van der Waals surface area contributed by atoms with Gasteiger partial charge in [-0.25, -0.2) is 4.98 Å². The zero-order valence-electron chi connectivity index (χ0n) is 10.3. The molecular weight excluding hydrogens is 294 g/mol. The van der Waals surface area contributed by atoms with Gasteiger partial charge in [-0.15, -0.1) is 11.3 Å². The summed E-state index contributed by atoms with van der Waals surface area (Å²) in [5, 5.41) is 3.28. The van der Waals surface area contributed by atoms with Crippen LogP contribution in [0.5, 0.6) is 0 Å². The molecule has 0 aliphatic rings. The molecule has 1 nitrogen and oxygen atoms in total. The highest BCUT2D eigenvalue weighted by Crippen LogP contribution is 2.33. The van der Waals surface area contributed by atoms with E-state index in [9.17, 15) is 0 Å². The van der Waals surface area contributed by atoms with Crippen molar-refractivity contribution < 1.29 is 0 Å². The Balaban J connectivity index is 2.37. The van der Waals surface area contributed by atoms with Crippen molar-refractivity contribution in [2.45, 2.75) is 33.1 Å². The number of halogens is 1. The smallest absolute Gasteiger partial charge is 0.124 e. The van der Waals surface area contributed by atoms with Crippen LogP contribution in [0.25, 0.3) is 10.6 Å². The summed E-state index contributed by atoms with van der Waals surface area (Å²) in [5.41, 5.74) is 3.66. The summed E-state index contributed by atoms with van der Waals surface area (Å²) < 4.78 is 1.13. The molecule has 1 aromatic carbocycles. The maximum absolute atomic E-state index is 4.73. The van der Waals surface area contributed by atoms with Crippen LogP contribution >= 0.6 is 27.3 Å². The number of nitrogens with zero attached hydrogens (tertiary/aromatic N) is 1. The zero-order valence-corrected chi connectivity index (χ0v) is 12.7. The molecule has 90 valence electrons. The standard InChI is InChI=1S/C14H16BrNS/c1-4-10(3)13-8-17-14(16-13)11-6-5-9(2)7-12(11)15/h5-8,10H,4H2,1-3H3. The molecule has 3 heteroatoms. The quantitative estimate of drug-likeness (QED) is 0.740. The van der Waals surface area contributed by atoms with E-state index in [-0.39, 0.29) is 0 Å². The van der Waals surface area contributed by atoms with Gasteiger partial charge in [0.1, 0.15) is 5.01 Å². The minimum Gasteiger partial charge on any atom is -0.241 e. The van der Waals surface area contributed by atoms with Crippen LogP contribution in [0.15, 0.2) is 28.1 Å². The predicted octanol–water partition coefficient (Wildman–Crippen LogP) is 5.39. The van der Waals surface area contributed by atoms with Gasteiger partial charge in [0.15, 0.2) is 0 Å². The topological polar surface area (TPSA) is 12.9 Å². The molecule has 0 aliphatic heterocycles. The number of hydrogen-bond acceptors (Lipinski definition) is 2. The van der Waals surface area contributed by atoms with Crippen molar-refractivity contribution in [3.8, 4) is 10.6 Å². The molecule has 1 heterocycles. The molecule has 17 heavy (non-hydrogen) atoms. The molecule has 1 atom stereocenters. The number of aromatic nitrogens is 1. The van der Waals surface area contributed by atoms with Crippen LogP contribution in [0.4, 0.5) is 0 Å². The molecule has 0 saturated heterocycles. The van der Waals surface area contributed by atoms with Gasteiger partial charge < -0.3 is 0 Å². The van der Waals surface area contributed by atoms with Crippen LogP contribution in [0.1, 0.15) is 37.4 Å². The molecule has 0 radical (unpaired) electrons. The van der Waals surface area contributed by atoms with Crippen molar-refractivity contribution in [1.82, 2.24) is 4.98 Å². The van der Waals surface area contributed by atoms with Crippen LogP contribution in [0.2, 0.25) is 0 Å². The van der Waals surface area contributed by atoms with E-state index in [1.807, 2.05) is 0 Å². The van der Waals surface area contributed by atoms with E-state index in [2.05, 4.69) is 60.3 Å². The van der Waals surface area contributed by atoms with Gasteiger partial charge in [-0.05, 0) is 30.9 Å². The van der Waals surface area contributed by atoms with Crippen molar-refractivity contribution in [1.29, 1.82) is 0 Å². The van der Waals surface area contributed by atoms with Crippen LogP contribution in [0, 0.1) is 6.92 Å². The van der Waals surface area contributed by atoms with Crippen molar-refractivity contribution in [2.24, 2.45) is 0 Å². The molecule has 0 fully saturated rings. The summed E-state index contributed by atoms with van der Waals surface area (Å²) in [6.07, 6.45) is 1.14. The first-order valence-electron chi connectivity index (χ1n) is 5.83. The molecule has 0 saturated carbocycles. The maximum Gasteiger partial charge on any atom is 0.124 e. The summed E-state index contributed by atoms with van der Waals surface area (Å²) >= 11 is 5.34. The highest BCUT2D eigenvalue weighted by atomic mass is 79.9. The molecule has 1 unspecified atom stereocenters. The SMILES string of the molecule is CCC(C)c1csc(-c2ccc(C)cc2Br)n1. The van der Waals surface area contributed by atoms with Crippen molar-refractivity contribution in [3.63, 3.8) is 0 Å². The Bertz CT molecular complexity index is 519. The number of benzene rings is 1.